The number of amides is 9. The van der Waals surface area contributed by atoms with E-state index in [1.165, 1.54) is 25.7 Å². The molecule has 642 valence electrons. The second-order valence-electron chi connectivity index (χ2n) is 28.3. The minimum Gasteiger partial charge on any atom is -0.394 e. The van der Waals surface area contributed by atoms with Crippen LogP contribution in [0.4, 0.5) is 0 Å². The van der Waals surface area contributed by atoms with Gasteiger partial charge >= 0.3 is 7.82 Å². The summed E-state index contributed by atoms with van der Waals surface area (Å²) in [5.74, 6) is -4.20. The van der Waals surface area contributed by atoms with Crippen molar-refractivity contribution in [2.45, 2.75) is 259 Å². The average molecular weight is 1620 g/mol. The Labute approximate surface area is 647 Å². The van der Waals surface area contributed by atoms with Crippen LogP contribution in [0.2, 0.25) is 0 Å². The van der Waals surface area contributed by atoms with Crippen molar-refractivity contribution in [1.82, 2.24) is 47.4 Å². The van der Waals surface area contributed by atoms with E-state index in [-0.39, 0.29) is 147 Å². The fraction of sp³-hybridized carbons (Fsp3) is 0.871. The molecule has 9 amide bonds. The third kappa shape index (κ3) is 38.7. The van der Waals surface area contributed by atoms with Gasteiger partial charge in [0.15, 0.2) is 18.9 Å². The number of carbonyl (C=O) groups is 9. The number of hydrogen-bond acceptors (Lipinski definition) is 29. The van der Waals surface area contributed by atoms with Crippen molar-refractivity contribution in [1.29, 1.82) is 0 Å². The molecular weight excluding hydrogens is 1490 g/mol. The van der Waals surface area contributed by atoms with Gasteiger partial charge in [0, 0.05) is 112 Å². The highest BCUT2D eigenvalue weighted by atomic mass is 31.2. The van der Waals surface area contributed by atoms with E-state index in [4.69, 9.17) is 52.4 Å². The first kappa shape index (κ1) is 98.0. The highest BCUT2D eigenvalue weighted by Crippen LogP contribution is 2.36. The maximum atomic E-state index is 14.3. The molecule has 0 aromatic heterocycles. The Hall–Kier alpha value is -5.38. The number of rotatable bonds is 59. The molecule has 0 aliphatic carbocycles. The highest BCUT2D eigenvalue weighted by molar-refractivity contribution is 7.46. The quantitative estimate of drug-likeness (QED) is 0.0201. The van der Waals surface area contributed by atoms with Gasteiger partial charge in [0.1, 0.15) is 78.6 Å². The lowest BCUT2D eigenvalue weighted by Crippen LogP contribution is -2.64. The Balaban J connectivity index is 1.34. The number of nitrogens with zero attached hydrogens (tertiary/aromatic N) is 1. The van der Waals surface area contributed by atoms with Crippen LogP contribution in [0.25, 0.3) is 0 Å². The van der Waals surface area contributed by atoms with Gasteiger partial charge in [0.05, 0.1) is 72.0 Å². The van der Waals surface area contributed by atoms with Crippen molar-refractivity contribution in [2.24, 2.45) is 5.92 Å². The van der Waals surface area contributed by atoms with Crippen LogP contribution < -0.4 is 42.5 Å². The molecule has 40 nitrogen and oxygen atoms in total. The topological polar surface area (TPSA) is 585 Å². The summed E-state index contributed by atoms with van der Waals surface area (Å²) in [6.07, 6.45) is -5.57. The molecule has 4 saturated heterocycles. The van der Waals surface area contributed by atoms with Gasteiger partial charge < -0.3 is 146 Å². The Morgan fingerprint density at radius 3 is 1.02 bits per heavy atom. The van der Waals surface area contributed by atoms with Crippen molar-refractivity contribution in [2.75, 3.05) is 125 Å². The summed E-state index contributed by atoms with van der Waals surface area (Å²) in [4.78, 5) is 134. The number of aliphatic hydroxyl groups is 9. The second-order valence-corrected chi connectivity index (χ2v) is 29.6. The van der Waals surface area contributed by atoms with Crippen molar-refractivity contribution in [3.05, 3.63) is 0 Å². The lowest BCUT2D eigenvalue weighted by atomic mass is 9.95. The molecule has 4 heterocycles. The maximum absolute atomic E-state index is 14.3. The standard InChI is InChI=1S/C70H126N9O31P/c1-45(83)75-57-63(94)60(91)49(39-80)108-67(57)104-30-16-8-4-12-27-72-53(87)23-34-101-42-70(78-66(97)48-37-79(38-48)56(90)22-20-21-52(86)71-26-15-7-11-19-33-107-111(98,99)100,43-102-35-24-54(88)73-28-13-5-9-17-31-105-68-58(76-46(2)84)64(95)61(92)50(40-81)109-68)44-103-36-25-55(89)74-29-14-6-10-18-32-106-69-59(77-47(3)85)65(96)62(93)51(41-82)110-69/h48-51,57-65,67-69,80-82,91-96H,4-44H2,1-3H3,(H,71,86)(H,72,87)(H,73,88)(H,74,89)(H,75,83)(H,76,84)(H,77,85)(H,78,97)(H2,98,99,100). The van der Waals surface area contributed by atoms with E-state index in [0.717, 1.165) is 0 Å². The number of ether oxygens (including phenoxy) is 9. The molecule has 0 bridgehead atoms. The molecule has 0 spiro atoms. The molecule has 111 heavy (non-hydrogen) atoms. The van der Waals surface area contributed by atoms with Crippen LogP contribution >= 0.6 is 7.82 Å². The molecular formula is C70H126N9O31P. The summed E-state index contributed by atoms with van der Waals surface area (Å²) in [5, 5.41) is 113. The number of carbonyl (C=O) groups excluding carboxylic acids is 9. The molecule has 19 N–H and O–H groups in total. The van der Waals surface area contributed by atoms with Gasteiger partial charge in [-0.1, -0.05) is 51.4 Å². The molecule has 4 aliphatic heterocycles. The average Bonchev–Trinajstić information content (AvgIpc) is 0.828. The van der Waals surface area contributed by atoms with Crippen LogP contribution in [0.1, 0.15) is 162 Å². The molecule has 4 aliphatic rings. The number of phosphoric ester groups is 1. The number of likely N-dealkylation sites (tertiary alicyclic amines) is 1. The third-order valence-electron chi connectivity index (χ3n) is 18.8. The number of aliphatic hydroxyl groups excluding tert-OH is 9. The smallest absolute Gasteiger partial charge is 0.394 e. The second kappa shape index (κ2) is 54.5. The lowest BCUT2D eigenvalue weighted by molar-refractivity contribution is -0.270. The van der Waals surface area contributed by atoms with E-state index in [9.17, 15) is 93.7 Å². The van der Waals surface area contributed by atoms with Crippen LogP contribution in [0, 0.1) is 5.92 Å². The fourth-order valence-corrected chi connectivity index (χ4v) is 12.9. The van der Waals surface area contributed by atoms with Gasteiger partial charge in [-0.05, 0) is 57.8 Å². The number of nitrogens with one attached hydrogen (secondary N) is 8. The molecule has 4 fully saturated rings. The summed E-state index contributed by atoms with van der Waals surface area (Å²) >= 11 is 0. The van der Waals surface area contributed by atoms with Gasteiger partial charge in [-0.15, -0.1) is 0 Å². The largest absolute Gasteiger partial charge is 0.469 e. The predicted molar refractivity (Wildman–Crippen MR) is 389 cm³/mol. The van der Waals surface area contributed by atoms with Gasteiger partial charge in [-0.2, -0.15) is 0 Å². The Morgan fingerprint density at radius 2 is 0.712 bits per heavy atom. The highest BCUT2D eigenvalue weighted by Gasteiger charge is 2.48. The summed E-state index contributed by atoms with van der Waals surface area (Å²) in [6, 6.07) is -3.22. The minimum absolute atomic E-state index is 0.0337. The number of hydrogen-bond donors (Lipinski definition) is 19. The van der Waals surface area contributed by atoms with Crippen LogP contribution in [0.5, 0.6) is 0 Å². The predicted octanol–water partition coefficient (Wildman–Crippen LogP) is -4.61. The van der Waals surface area contributed by atoms with Crippen molar-refractivity contribution in [3.8, 4) is 0 Å². The SMILES string of the molecule is CC(=O)NC1C(OCCCCCCNC(=O)CCOCC(COCCC(=O)NCCCCCCOC2OC(CO)C(O)C(O)C2NC(C)=O)(COCCC(=O)NCCCCCCOC2OC(CO)C(O)C(O)C2NC(C)=O)NC(=O)C2CN(C(=O)CCCC(=O)NCCCCCCOP(=O)(O)O)C2)OC(CO)C(O)C1O. The minimum atomic E-state index is -4.53. The summed E-state index contributed by atoms with van der Waals surface area (Å²) in [7, 11) is -4.53. The fourth-order valence-electron chi connectivity index (χ4n) is 12.5. The van der Waals surface area contributed by atoms with E-state index in [0.29, 0.717) is 129 Å². The van der Waals surface area contributed by atoms with E-state index in [2.05, 4.69) is 47.1 Å². The van der Waals surface area contributed by atoms with Crippen LogP contribution in [-0.4, -0.2) is 336 Å². The molecule has 0 saturated carbocycles. The first-order chi connectivity index (χ1) is 53.0. The van der Waals surface area contributed by atoms with E-state index < -0.39 is 155 Å². The van der Waals surface area contributed by atoms with Crippen LogP contribution in [0.3, 0.4) is 0 Å². The monoisotopic (exact) mass is 1620 g/mol. The summed E-state index contributed by atoms with van der Waals surface area (Å²) in [5.41, 5.74) is -1.50. The summed E-state index contributed by atoms with van der Waals surface area (Å²) in [6.45, 7) is 2.50. The Bertz CT molecular complexity index is 2580. The van der Waals surface area contributed by atoms with Crippen LogP contribution in [0.15, 0.2) is 0 Å². The maximum Gasteiger partial charge on any atom is 0.469 e. The Morgan fingerprint density at radius 1 is 0.405 bits per heavy atom. The zero-order valence-electron chi connectivity index (χ0n) is 64.2. The van der Waals surface area contributed by atoms with E-state index in [1.54, 1.807) is 0 Å². The Kier molecular flexibility index (Phi) is 48.1. The molecule has 41 heteroatoms. The molecule has 0 aromatic rings. The molecule has 15 atom stereocenters. The van der Waals surface area contributed by atoms with Gasteiger partial charge in [0.2, 0.25) is 53.2 Å². The van der Waals surface area contributed by atoms with Crippen LogP contribution in [-0.2, 0) is 94.9 Å². The molecule has 15 unspecified atom stereocenters. The number of phosphoric acid groups is 1. The normalized spacial score (nSPS) is 25.4. The van der Waals surface area contributed by atoms with Gasteiger partial charge in [-0.3, -0.25) is 47.7 Å². The molecule has 4 rings (SSSR count). The van der Waals surface area contributed by atoms with E-state index >= 15 is 0 Å². The third-order valence-corrected chi connectivity index (χ3v) is 19.3. The lowest BCUT2D eigenvalue weighted by Gasteiger charge is -2.42. The van der Waals surface area contributed by atoms with Crippen molar-refractivity contribution >= 4 is 61.0 Å². The first-order valence-electron chi connectivity index (χ1n) is 38.7. The first-order valence-corrected chi connectivity index (χ1v) is 40.2. The molecule has 0 radical (unpaired) electrons. The molecule has 0 aromatic carbocycles. The number of unbranched alkanes of at least 4 members (excludes halogenated alkanes) is 12. The zero-order chi connectivity index (χ0) is 81.7. The summed E-state index contributed by atoms with van der Waals surface area (Å²) < 4.78 is 67.9. The van der Waals surface area contributed by atoms with Gasteiger partial charge in [0.25, 0.3) is 0 Å². The zero-order valence-corrected chi connectivity index (χ0v) is 65.1. The van der Waals surface area contributed by atoms with E-state index in [1.807, 2.05) is 0 Å². The van der Waals surface area contributed by atoms with Crippen molar-refractivity contribution in [3.63, 3.8) is 0 Å². The van der Waals surface area contributed by atoms with Crippen molar-refractivity contribution < 1.29 is 151 Å². The van der Waals surface area contributed by atoms with Gasteiger partial charge in [-0.25, -0.2) is 4.57 Å².